The first-order chi connectivity index (χ1) is 16.2. The molecule has 0 unspecified atom stereocenters. The van der Waals surface area contributed by atoms with Crippen molar-refractivity contribution in [1.29, 1.82) is 0 Å². The van der Waals surface area contributed by atoms with Crippen molar-refractivity contribution >= 4 is 65.5 Å². The van der Waals surface area contributed by atoms with E-state index in [1.807, 2.05) is 34.7 Å². The molecule has 0 bridgehead atoms. The molecule has 0 saturated heterocycles. The van der Waals surface area contributed by atoms with Gasteiger partial charge in [-0.2, -0.15) is 0 Å². The van der Waals surface area contributed by atoms with Crippen molar-refractivity contribution in [2.45, 2.75) is 6.92 Å². The van der Waals surface area contributed by atoms with E-state index >= 15 is 0 Å². The number of fused-ring (bicyclic) bond motifs is 6. The van der Waals surface area contributed by atoms with E-state index in [9.17, 15) is 4.79 Å². The van der Waals surface area contributed by atoms with E-state index in [1.54, 1.807) is 11.3 Å². The number of hydrogen-bond donors (Lipinski definition) is 0. The van der Waals surface area contributed by atoms with Crippen LogP contribution < -0.4 is 5.56 Å². The van der Waals surface area contributed by atoms with E-state index in [2.05, 4.69) is 68.1 Å². The number of pyridine rings is 1. The standard InChI is InChI=1S/C30H19NOS/c1-3-20-17(2)33-28-16-19(11-13-22(20)28)18-12-14-25-26(15-18)24-9-6-8-23-21-7-4-5-10-27(21)31(29(23)24)30(25)32/h3-16H,1H2,2H3. The maximum Gasteiger partial charge on any atom is 0.263 e. The summed E-state index contributed by atoms with van der Waals surface area (Å²) in [4.78, 5) is 14.9. The molecule has 3 heterocycles. The Morgan fingerprint density at radius 1 is 0.758 bits per heavy atom. The van der Waals surface area contributed by atoms with Crippen molar-refractivity contribution in [1.82, 2.24) is 4.40 Å². The number of thiophene rings is 1. The highest BCUT2D eigenvalue weighted by Gasteiger charge is 2.17. The third-order valence-corrected chi connectivity index (χ3v) is 7.97. The molecule has 0 atom stereocenters. The van der Waals surface area contributed by atoms with Crippen LogP contribution in [0.2, 0.25) is 0 Å². The van der Waals surface area contributed by atoms with Crippen LogP contribution in [0.15, 0.2) is 90.2 Å². The van der Waals surface area contributed by atoms with Gasteiger partial charge in [-0.3, -0.25) is 9.20 Å². The van der Waals surface area contributed by atoms with E-state index < -0.39 is 0 Å². The van der Waals surface area contributed by atoms with Gasteiger partial charge in [0.1, 0.15) is 0 Å². The lowest BCUT2D eigenvalue weighted by Crippen LogP contribution is -2.12. The van der Waals surface area contributed by atoms with E-state index in [0.717, 1.165) is 49.1 Å². The summed E-state index contributed by atoms with van der Waals surface area (Å²) in [6.45, 7) is 6.12. The van der Waals surface area contributed by atoms with Gasteiger partial charge in [-0.05, 0) is 58.7 Å². The van der Waals surface area contributed by atoms with Crippen molar-refractivity contribution in [2.75, 3.05) is 0 Å². The van der Waals surface area contributed by atoms with Gasteiger partial charge in [-0.1, -0.05) is 67.3 Å². The van der Waals surface area contributed by atoms with Crippen molar-refractivity contribution in [3.63, 3.8) is 0 Å². The summed E-state index contributed by atoms with van der Waals surface area (Å²) < 4.78 is 3.15. The van der Waals surface area contributed by atoms with Gasteiger partial charge in [0.25, 0.3) is 5.56 Å². The molecule has 0 aliphatic rings. The molecule has 3 aromatic heterocycles. The molecule has 7 aromatic rings. The first-order valence-corrected chi connectivity index (χ1v) is 11.8. The summed E-state index contributed by atoms with van der Waals surface area (Å²) in [5, 5.41) is 6.36. The summed E-state index contributed by atoms with van der Waals surface area (Å²) in [6.07, 6.45) is 1.94. The number of aromatic nitrogens is 1. The van der Waals surface area contributed by atoms with Gasteiger partial charge in [0.2, 0.25) is 0 Å². The first kappa shape index (κ1) is 18.6. The molecule has 0 aliphatic heterocycles. The molecule has 0 saturated carbocycles. The fraction of sp³-hybridized carbons (Fsp3) is 0.0333. The maximum absolute atomic E-state index is 13.6. The largest absolute Gasteiger partial charge is 0.275 e. The van der Waals surface area contributed by atoms with Crippen LogP contribution in [0, 0.1) is 6.92 Å². The molecule has 7 rings (SSSR count). The summed E-state index contributed by atoms with van der Waals surface area (Å²) in [5.41, 5.74) is 5.52. The zero-order valence-electron chi connectivity index (χ0n) is 18.1. The molecule has 156 valence electrons. The Morgan fingerprint density at radius 3 is 2.27 bits per heavy atom. The minimum Gasteiger partial charge on any atom is -0.275 e. The minimum atomic E-state index is 0.0430. The molecule has 0 radical (unpaired) electrons. The highest BCUT2D eigenvalue weighted by molar-refractivity contribution is 7.19. The van der Waals surface area contributed by atoms with Crippen molar-refractivity contribution in [2.24, 2.45) is 0 Å². The molecule has 4 aromatic carbocycles. The lowest BCUT2D eigenvalue weighted by atomic mass is 9.98. The Balaban J connectivity index is 1.56. The summed E-state index contributed by atoms with van der Waals surface area (Å²) >= 11 is 1.80. The van der Waals surface area contributed by atoms with Crippen LogP contribution >= 0.6 is 11.3 Å². The number of hydrogen-bond acceptors (Lipinski definition) is 2. The molecule has 3 heteroatoms. The zero-order chi connectivity index (χ0) is 22.3. The van der Waals surface area contributed by atoms with E-state index in [1.165, 1.54) is 20.5 Å². The average Bonchev–Trinajstić information content (AvgIpc) is 3.36. The number of nitrogens with zero attached hydrogens (tertiary/aromatic N) is 1. The van der Waals surface area contributed by atoms with E-state index in [4.69, 9.17) is 0 Å². The molecule has 0 fully saturated rings. The third-order valence-electron chi connectivity index (χ3n) is 6.89. The Bertz CT molecular complexity index is 1970. The second-order valence-corrected chi connectivity index (χ2v) is 9.86. The quantitative estimate of drug-likeness (QED) is 0.249. The van der Waals surface area contributed by atoms with Gasteiger partial charge >= 0.3 is 0 Å². The monoisotopic (exact) mass is 441 g/mol. The molecule has 0 amide bonds. The summed E-state index contributed by atoms with van der Waals surface area (Å²) in [5.74, 6) is 0. The Kier molecular flexibility index (Phi) is 3.68. The molecular formula is C30H19NOS. The topological polar surface area (TPSA) is 21.5 Å². The summed E-state index contributed by atoms with van der Waals surface area (Å²) in [7, 11) is 0. The Hall–Kier alpha value is -3.95. The van der Waals surface area contributed by atoms with Crippen LogP contribution in [0.1, 0.15) is 10.4 Å². The molecule has 2 nitrogen and oxygen atoms in total. The fourth-order valence-electron chi connectivity index (χ4n) is 5.37. The second-order valence-electron chi connectivity index (χ2n) is 8.61. The van der Waals surface area contributed by atoms with Crippen LogP contribution in [-0.2, 0) is 0 Å². The predicted molar refractivity (Wildman–Crippen MR) is 143 cm³/mol. The Morgan fingerprint density at radius 2 is 1.45 bits per heavy atom. The number of rotatable bonds is 2. The lowest BCUT2D eigenvalue weighted by molar-refractivity contribution is 1.21. The summed E-state index contributed by atoms with van der Waals surface area (Å²) in [6, 6.07) is 27.4. The molecular weight excluding hydrogens is 422 g/mol. The van der Waals surface area contributed by atoms with Gasteiger partial charge in [0.05, 0.1) is 11.0 Å². The van der Waals surface area contributed by atoms with Gasteiger partial charge in [0.15, 0.2) is 0 Å². The second kappa shape index (κ2) is 6.53. The SMILES string of the molecule is C=Cc1c(C)sc2cc(-c3ccc4c(=O)n5c6ccccc6c6cccc(c4c3)c65)ccc12. The van der Waals surface area contributed by atoms with Crippen LogP contribution in [0.5, 0.6) is 0 Å². The van der Waals surface area contributed by atoms with Crippen molar-refractivity contribution in [3.8, 4) is 11.1 Å². The number of aryl methyl sites for hydroxylation is 1. The van der Waals surface area contributed by atoms with Crippen molar-refractivity contribution in [3.05, 3.63) is 106 Å². The number of para-hydroxylation sites is 2. The number of benzene rings is 4. The fourth-order valence-corrected chi connectivity index (χ4v) is 6.48. The smallest absolute Gasteiger partial charge is 0.263 e. The van der Waals surface area contributed by atoms with Crippen LogP contribution in [0.25, 0.3) is 65.3 Å². The average molecular weight is 442 g/mol. The molecule has 33 heavy (non-hydrogen) atoms. The van der Waals surface area contributed by atoms with Crippen LogP contribution in [-0.4, -0.2) is 4.40 Å². The predicted octanol–water partition coefficient (Wildman–Crippen LogP) is 8.03. The first-order valence-electron chi connectivity index (χ1n) is 11.0. The van der Waals surface area contributed by atoms with Gasteiger partial charge in [-0.15, -0.1) is 11.3 Å². The zero-order valence-corrected chi connectivity index (χ0v) is 18.9. The van der Waals surface area contributed by atoms with Gasteiger partial charge in [-0.25, -0.2) is 0 Å². The highest BCUT2D eigenvalue weighted by atomic mass is 32.1. The molecule has 0 spiro atoms. The normalized spacial score (nSPS) is 12.0. The maximum atomic E-state index is 13.6. The molecule has 0 aliphatic carbocycles. The van der Waals surface area contributed by atoms with E-state index in [0.29, 0.717) is 0 Å². The van der Waals surface area contributed by atoms with Crippen LogP contribution in [0.4, 0.5) is 0 Å². The van der Waals surface area contributed by atoms with Gasteiger partial charge in [0, 0.05) is 31.1 Å². The van der Waals surface area contributed by atoms with Crippen LogP contribution in [0.3, 0.4) is 0 Å². The minimum absolute atomic E-state index is 0.0430. The third kappa shape index (κ3) is 2.40. The Labute approximate surface area is 194 Å². The molecule has 0 N–H and O–H groups in total. The van der Waals surface area contributed by atoms with E-state index in [-0.39, 0.29) is 5.56 Å². The van der Waals surface area contributed by atoms with Crippen molar-refractivity contribution < 1.29 is 0 Å². The highest BCUT2D eigenvalue weighted by Crippen LogP contribution is 2.37. The van der Waals surface area contributed by atoms with Gasteiger partial charge < -0.3 is 0 Å². The lowest BCUT2D eigenvalue weighted by Gasteiger charge is -2.09.